The molecule has 1 N–H and O–H groups in total. The lowest BCUT2D eigenvalue weighted by Crippen LogP contribution is -2.43. The summed E-state index contributed by atoms with van der Waals surface area (Å²) in [5.74, 6) is -1.31. The summed E-state index contributed by atoms with van der Waals surface area (Å²) in [6, 6.07) is 7.22. The van der Waals surface area contributed by atoms with Crippen molar-refractivity contribution in [2.45, 2.75) is 18.3 Å². The van der Waals surface area contributed by atoms with E-state index in [1.807, 2.05) is 23.6 Å². The highest BCUT2D eigenvalue weighted by atomic mass is 35.5. The Morgan fingerprint density at radius 1 is 1.30 bits per heavy atom. The highest BCUT2D eigenvalue weighted by Crippen LogP contribution is 2.41. The summed E-state index contributed by atoms with van der Waals surface area (Å²) in [6.07, 6.45) is 1.93. The number of carbonyl (C=O) groups excluding carboxylic acids is 2. The summed E-state index contributed by atoms with van der Waals surface area (Å²) in [6.45, 7) is 0. The number of piperidine rings is 1. The molecule has 1 fully saturated rings. The number of amides is 2. The highest BCUT2D eigenvalue weighted by Gasteiger charge is 2.40. The van der Waals surface area contributed by atoms with Gasteiger partial charge in [0.2, 0.25) is 11.8 Å². The van der Waals surface area contributed by atoms with Gasteiger partial charge in [0.25, 0.3) is 0 Å². The smallest absolute Gasteiger partial charge is 0.234 e. The Balaban J connectivity index is 2.07. The molecule has 1 aromatic carbocycles. The predicted molar refractivity (Wildman–Crippen MR) is 76.8 cm³/mol. The zero-order chi connectivity index (χ0) is 14.1. The summed E-state index contributed by atoms with van der Waals surface area (Å²) in [7, 11) is 0. The number of nitrogens with one attached hydrogen (secondary N) is 1. The van der Waals surface area contributed by atoms with Crippen LogP contribution in [0.1, 0.15) is 28.8 Å². The third-order valence-corrected chi connectivity index (χ3v) is 4.61. The number of carbonyl (C=O) groups is 2. The van der Waals surface area contributed by atoms with Gasteiger partial charge in [0.05, 0.1) is 10.9 Å². The van der Waals surface area contributed by atoms with Gasteiger partial charge in [-0.2, -0.15) is 0 Å². The third-order valence-electron chi connectivity index (χ3n) is 3.36. The van der Waals surface area contributed by atoms with E-state index in [9.17, 15) is 9.59 Å². The summed E-state index contributed by atoms with van der Waals surface area (Å²) in [5.41, 5.74) is 0.736. The van der Waals surface area contributed by atoms with Crippen molar-refractivity contribution in [1.29, 1.82) is 0 Å². The van der Waals surface area contributed by atoms with E-state index in [-0.39, 0.29) is 24.2 Å². The molecule has 1 saturated heterocycles. The van der Waals surface area contributed by atoms with E-state index in [0.29, 0.717) is 5.02 Å². The van der Waals surface area contributed by atoms with Gasteiger partial charge in [-0.15, -0.1) is 11.3 Å². The molecule has 1 aromatic heterocycles. The number of aromatic nitrogens is 1. The molecular weight excluding hydrogens is 296 g/mol. The number of rotatable bonds is 2. The maximum Gasteiger partial charge on any atom is 0.234 e. The van der Waals surface area contributed by atoms with E-state index < -0.39 is 5.92 Å². The van der Waals surface area contributed by atoms with Crippen molar-refractivity contribution in [2.24, 2.45) is 0 Å². The fraction of sp³-hybridized carbons (Fsp3) is 0.214. The Morgan fingerprint density at radius 2 is 2.10 bits per heavy atom. The van der Waals surface area contributed by atoms with E-state index in [0.717, 1.165) is 10.6 Å². The first kappa shape index (κ1) is 13.3. The van der Waals surface area contributed by atoms with E-state index in [1.54, 1.807) is 12.3 Å². The van der Waals surface area contributed by atoms with Crippen LogP contribution < -0.4 is 5.32 Å². The lowest BCUT2D eigenvalue weighted by Gasteiger charge is -2.29. The Morgan fingerprint density at radius 3 is 2.80 bits per heavy atom. The molecule has 1 aliphatic rings. The molecule has 0 aliphatic carbocycles. The fourth-order valence-corrected chi connectivity index (χ4v) is 3.53. The number of imide groups is 1. The summed E-state index contributed by atoms with van der Waals surface area (Å²) < 4.78 is 0. The van der Waals surface area contributed by atoms with Gasteiger partial charge in [-0.05, 0) is 11.6 Å². The molecule has 6 heteroatoms. The first-order valence-corrected chi connectivity index (χ1v) is 7.40. The molecule has 0 radical (unpaired) electrons. The van der Waals surface area contributed by atoms with Crippen LogP contribution in [0.25, 0.3) is 0 Å². The topological polar surface area (TPSA) is 59.1 Å². The molecule has 0 bridgehead atoms. The molecular formula is C14H11ClN2O2S. The molecule has 1 aliphatic heterocycles. The SMILES string of the molecule is O=C1CC(c2nccs2)C(c2ccccc2Cl)C(=O)N1. The van der Waals surface area contributed by atoms with Gasteiger partial charge in [-0.25, -0.2) is 4.98 Å². The number of nitrogens with zero attached hydrogens (tertiary/aromatic N) is 1. The second kappa shape index (κ2) is 5.34. The molecule has 2 atom stereocenters. The lowest BCUT2D eigenvalue weighted by molar-refractivity contribution is -0.135. The number of benzene rings is 1. The predicted octanol–water partition coefficient (Wildman–Crippen LogP) is 2.71. The van der Waals surface area contributed by atoms with Crippen LogP contribution in [0.4, 0.5) is 0 Å². The van der Waals surface area contributed by atoms with Crippen LogP contribution in [0.2, 0.25) is 5.02 Å². The van der Waals surface area contributed by atoms with E-state index >= 15 is 0 Å². The quantitative estimate of drug-likeness (QED) is 0.868. The van der Waals surface area contributed by atoms with Crippen molar-refractivity contribution in [2.75, 3.05) is 0 Å². The highest BCUT2D eigenvalue weighted by molar-refractivity contribution is 7.09. The standard InChI is InChI=1S/C14H11ClN2O2S/c15-10-4-2-1-3-8(10)12-9(14-16-5-6-20-14)7-11(18)17-13(12)19/h1-6,9,12H,7H2,(H,17,18,19). The first-order valence-electron chi connectivity index (χ1n) is 6.14. The van der Waals surface area contributed by atoms with Gasteiger partial charge in [0, 0.05) is 28.9 Å². The van der Waals surface area contributed by atoms with Gasteiger partial charge >= 0.3 is 0 Å². The van der Waals surface area contributed by atoms with Crippen LogP contribution in [0.3, 0.4) is 0 Å². The number of halogens is 1. The van der Waals surface area contributed by atoms with Crippen molar-refractivity contribution in [1.82, 2.24) is 10.3 Å². The second-order valence-corrected chi connectivity index (χ2v) is 5.93. The summed E-state index contributed by atoms with van der Waals surface area (Å²) in [5, 5.41) is 5.55. The van der Waals surface area contributed by atoms with Gasteiger partial charge < -0.3 is 0 Å². The van der Waals surface area contributed by atoms with E-state index in [2.05, 4.69) is 10.3 Å². The van der Waals surface area contributed by atoms with E-state index in [1.165, 1.54) is 11.3 Å². The molecule has 2 amide bonds. The maximum atomic E-state index is 12.2. The van der Waals surface area contributed by atoms with Crippen molar-refractivity contribution in [3.8, 4) is 0 Å². The zero-order valence-electron chi connectivity index (χ0n) is 10.4. The van der Waals surface area contributed by atoms with Crippen molar-refractivity contribution >= 4 is 34.8 Å². The Hall–Kier alpha value is -1.72. The third kappa shape index (κ3) is 2.34. The van der Waals surface area contributed by atoms with Crippen LogP contribution in [0.5, 0.6) is 0 Å². The minimum Gasteiger partial charge on any atom is -0.296 e. The van der Waals surface area contributed by atoms with Crippen LogP contribution in [-0.4, -0.2) is 16.8 Å². The van der Waals surface area contributed by atoms with Crippen molar-refractivity contribution < 1.29 is 9.59 Å². The summed E-state index contributed by atoms with van der Waals surface area (Å²) >= 11 is 7.66. The Bertz CT molecular complexity index is 657. The zero-order valence-corrected chi connectivity index (χ0v) is 11.9. The molecule has 20 heavy (non-hydrogen) atoms. The monoisotopic (exact) mass is 306 g/mol. The lowest BCUT2D eigenvalue weighted by atomic mass is 9.81. The van der Waals surface area contributed by atoms with Crippen LogP contribution >= 0.6 is 22.9 Å². The van der Waals surface area contributed by atoms with Gasteiger partial charge in [0.15, 0.2) is 0 Å². The maximum absolute atomic E-state index is 12.2. The molecule has 4 nitrogen and oxygen atoms in total. The Labute approximate surface area is 124 Å². The molecule has 102 valence electrons. The molecule has 0 spiro atoms. The van der Waals surface area contributed by atoms with Crippen LogP contribution in [0.15, 0.2) is 35.8 Å². The second-order valence-electron chi connectivity index (χ2n) is 4.59. The largest absolute Gasteiger partial charge is 0.296 e. The van der Waals surface area contributed by atoms with Gasteiger partial charge in [-0.1, -0.05) is 29.8 Å². The van der Waals surface area contributed by atoms with Crippen LogP contribution in [0, 0.1) is 0 Å². The van der Waals surface area contributed by atoms with Gasteiger partial charge in [0.1, 0.15) is 0 Å². The molecule has 0 saturated carbocycles. The minimum atomic E-state index is -0.479. The average Bonchev–Trinajstić information content (AvgIpc) is 2.93. The van der Waals surface area contributed by atoms with Gasteiger partial charge in [-0.3, -0.25) is 14.9 Å². The fourth-order valence-electron chi connectivity index (χ4n) is 2.50. The summed E-state index contributed by atoms with van der Waals surface area (Å²) in [4.78, 5) is 28.2. The van der Waals surface area contributed by atoms with E-state index in [4.69, 9.17) is 11.6 Å². The number of hydrogen-bond donors (Lipinski definition) is 1. The van der Waals surface area contributed by atoms with Crippen LogP contribution in [-0.2, 0) is 9.59 Å². The normalized spacial score (nSPS) is 22.6. The number of thiazole rings is 1. The molecule has 2 heterocycles. The molecule has 3 rings (SSSR count). The molecule has 2 aromatic rings. The molecule has 2 unspecified atom stereocenters. The number of hydrogen-bond acceptors (Lipinski definition) is 4. The minimum absolute atomic E-state index is 0.245. The van der Waals surface area contributed by atoms with Crippen molar-refractivity contribution in [3.05, 3.63) is 51.4 Å². The average molecular weight is 307 g/mol. The first-order chi connectivity index (χ1) is 9.66. The van der Waals surface area contributed by atoms with Crippen molar-refractivity contribution in [3.63, 3.8) is 0 Å². The Kier molecular flexibility index (Phi) is 3.54.